The molecule has 2 atom stereocenters. The first-order valence-electron chi connectivity index (χ1n) is 6.00. The molecule has 0 aromatic carbocycles. The fourth-order valence-corrected chi connectivity index (χ4v) is 3.19. The van der Waals surface area contributed by atoms with Gasteiger partial charge in [-0.05, 0) is 26.3 Å². The maximum atomic E-state index is 11.2. The van der Waals surface area contributed by atoms with E-state index in [9.17, 15) is 4.79 Å². The average Bonchev–Trinajstić information content (AvgIpc) is 2.17. The molecule has 0 spiro atoms. The predicted octanol–water partition coefficient (Wildman–Crippen LogP) is 1.81. The molecule has 1 heterocycles. The van der Waals surface area contributed by atoms with Gasteiger partial charge in [0.25, 0.3) is 0 Å². The van der Waals surface area contributed by atoms with Gasteiger partial charge in [-0.25, -0.2) is 0 Å². The number of hydrogen-bond donors (Lipinski definition) is 0. The van der Waals surface area contributed by atoms with Gasteiger partial charge in [0.15, 0.2) is 0 Å². The van der Waals surface area contributed by atoms with Crippen molar-refractivity contribution in [1.29, 1.82) is 0 Å². The van der Waals surface area contributed by atoms with E-state index in [0.717, 1.165) is 25.9 Å². The van der Waals surface area contributed by atoms with Crippen LogP contribution in [-0.2, 0) is 9.53 Å². The highest BCUT2D eigenvalue weighted by atomic mass is 16.6. The SMILES string of the molecule is CC(=O)O[C@@]12CCCC[C@H]1CN(C)CC2. The summed E-state index contributed by atoms with van der Waals surface area (Å²) in [5, 5.41) is 0. The number of carbonyl (C=O) groups excluding carboxylic acids is 1. The Hall–Kier alpha value is -0.570. The fraction of sp³-hybridized carbons (Fsp3) is 0.917. The number of esters is 1. The quantitative estimate of drug-likeness (QED) is 0.620. The lowest BCUT2D eigenvalue weighted by molar-refractivity contribution is -0.176. The van der Waals surface area contributed by atoms with Gasteiger partial charge in [-0.15, -0.1) is 0 Å². The lowest BCUT2D eigenvalue weighted by Gasteiger charge is -2.48. The number of piperidine rings is 1. The molecule has 1 saturated heterocycles. The Bertz CT molecular complexity index is 254. The lowest BCUT2D eigenvalue weighted by Crippen LogP contribution is -2.54. The van der Waals surface area contributed by atoms with Gasteiger partial charge in [-0.2, -0.15) is 0 Å². The van der Waals surface area contributed by atoms with Crippen molar-refractivity contribution < 1.29 is 9.53 Å². The van der Waals surface area contributed by atoms with Gasteiger partial charge in [0.2, 0.25) is 0 Å². The minimum atomic E-state index is -0.114. The van der Waals surface area contributed by atoms with Crippen molar-refractivity contribution in [2.75, 3.05) is 20.1 Å². The summed E-state index contributed by atoms with van der Waals surface area (Å²) in [7, 11) is 2.16. The maximum absolute atomic E-state index is 11.2. The van der Waals surface area contributed by atoms with E-state index in [1.165, 1.54) is 19.3 Å². The van der Waals surface area contributed by atoms with Crippen LogP contribution in [0.2, 0.25) is 0 Å². The summed E-state index contributed by atoms with van der Waals surface area (Å²) in [6, 6.07) is 0. The van der Waals surface area contributed by atoms with Crippen LogP contribution in [0.4, 0.5) is 0 Å². The number of carbonyl (C=O) groups is 1. The summed E-state index contributed by atoms with van der Waals surface area (Å²) in [4.78, 5) is 13.6. The summed E-state index contributed by atoms with van der Waals surface area (Å²) in [6.45, 7) is 3.69. The minimum absolute atomic E-state index is 0.105. The first kappa shape index (κ1) is 10.9. The summed E-state index contributed by atoms with van der Waals surface area (Å²) in [5.74, 6) is 0.459. The zero-order valence-electron chi connectivity index (χ0n) is 9.79. The van der Waals surface area contributed by atoms with Gasteiger partial charge in [0, 0.05) is 32.4 Å². The largest absolute Gasteiger partial charge is 0.459 e. The van der Waals surface area contributed by atoms with Crippen molar-refractivity contribution in [1.82, 2.24) is 4.90 Å². The molecule has 2 rings (SSSR count). The highest BCUT2D eigenvalue weighted by Crippen LogP contribution is 2.42. The second kappa shape index (κ2) is 4.12. The van der Waals surface area contributed by atoms with Crippen molar-refractivity contribution in [3.8, 4) is 0 Å². The summed E-state index contributed by atoms with van der Waals surface area (Å²) in [5.41, 5.74) is -0.114. The van der Waals surface area contributed by atoms with E-state index in [2.05, 4.69) is 11.9 Å². The number of nitrogens with zero attached hydrogens (tertiary/aromatic N) is 1. The van der Waals surface area contributed by atoms with Crippen LogP contribution in [0, 0.1) is 5.92 Å². The van der Waals surface area contributed by atoms with Gasteiger partial charge >= 0.3 is 5.97 Å². The molecule has 15 heavy (non-hydrogen) atoms. The Kier molecular flexibility index (Phi) is 3.01. The summed E-state index contributed by atoms with van der Waals surface area (Å²) in [6.07, 6.45) is 5.82. The van der Waals surface area contributed by atoms with Crippen LogP contribution < -0.4 is 0 Å². The van der Waals surface area contributed by atoms with Crippen LogP contribution in [0.25, 0.3) is 0 Å². The Morgan fingerprint density at radius 3 is 2.93 bits per heavy atom. The van der Waals surface area contributed by atoms with Crippen LogP contribution in [0.3, 0.4) is 0 Å². The van der Waals surface area contributed by atoms with Gasteiger partial charge in [-0.1, -0.05) is 6.42 Å². The Balaban J connectivity index is 2.12. The van der Waals surface area contributed by atoms with Crippen molar-refractivity contribution in [3.05, 3.63) is 0 Å². The van der Waals surface area contributed by atoms with Gasteiger partial charge < -0.3 is 9.64 Å². The topological polar surface area (TPSA) is 29.5 Å². The standard InChI is InChI=1S/C12H21NO2/c1-10(14)15-12-6-4-3-5-11(12)9-13(2)8-7-12/h11H,3-9H2,1-2H3/t11-,12+/m0/s1. The van der Waals surface area contributed by atoms with Crippen LogP contribution in [0.15, 0.2) is 0 Å². The van der Waals surface area contributed by atoms with Gasteiger partial charge in [0.05, 0.1) is 0 Å². The van der Waals surface area contributed by atoms with Gasteiger partial charge in [-0.3, -0.25) is 4.79 Å². The second-order valence-corrected chi connectivity index (χ2v) is 5.11. The summed E-state index contributed by atoms with van der Waals surface area (Å²) < 4.78 is 5.67. The van der Waals surface area contributed by atoms with E-state index < -0.39 is 0 Å². The highest BCUT2D eigenvalue weighted by molar-refractivity contribution is 5.66. The molecule has 1 aliphatic heterocycles. The zero-order chi connectivity index (χ0) is 10.9. The van der Waals surface area contributed by atoms with Crippen LogP contribution in [-0.4, -0.2) is 36.6 Å². The third kappa shape index (κ3) is 2.17. The summed E-state index contributed by atoms with van der Waals surface area (Å²) >= 11 is 0. The molecule has 3 heteroatoms. The molecule has 0 aromatic rings. The van der Waals surface area contributed by atoms with E-state index in [1.54, 1.807) is 6.92 Å². The molecule has 1 aliphatic carbocycles. The molecular weight excluding hydrogens is 190 g/mol. The Morgan fingerprint density at radius 1 is 1.40 bits per heavy atom. The second-order valence-electron chi connectivity index (χ2n) is 5.11. The molecular formula is C12H21NO2. The van der Waals surface area contributed by atoms with E-state index in [4.69, 9.17) is 4.74 Å². The number of rotatable bonds is 1. The Morgan fingerprint density at radius 2 is 2.20 bits per heavy atom. The predicted molar refractivity (Wildman–Crippen MR) is 58.6 cm³/mol. The van der Waals surface area contributed by atoms with Crippen molar-refractivity contribution in [2.24, 2.45) is 5.92 Å². The van der Waals surface area contributed by atoms with E-state index in [-0.39, 0.29) is 11.6 Å². The molecule has 2 aliphatic rings. The number of likely N-dealkylation sites (tertiary alicyclic amines) is 1. The van der Waals surface area contributed by atoms with Crippen LogP contribution >= 0.6 is 0 Å². The van der Waals surface area contributed by atoms with E-state index in [1.807, 2.05) is 0 Å². The van der Waals surface area contributed by atoms with Crippen molar-refractivity contribution in [2.45, 2.75) is 44.6 Å². The molecule has 1 saturated carbocycles. The van der Waals surface area contributed by atoms with E-state index in [0.29, 0.717) is 5.92 Å². The van der Waals surface area contributed by atoms with E-state index >= 15 is 0 Å². The monoisotopic (exact) mass is 211 g/mol. The fourth-order valence-electron chi connectivity index (χ4n) is 3.19. The molecule has 2 fully saturated rings. The van der Waals surface area contributed by atoms with Crippen molar-refractivity contribution in [3.63, 3.8) is 0 Å². The molecule has 0 N–H and O–H groups in total. The molecule has 0 amide bonds. The third-order valence-corrected chi connectivity index (χ3v) is 3.94. The molecule has 0 bridgehead atoms. The van der Waals surface area contributed by atoms with Crippen LogP contribution in [0.5, 0.6) is 0 Å². The first-order chi connectivity index (χ1) is 7.12. The zero-order valence-corrected chi connectivity index (χ0v) is 9.79. The smallest absolute Gasteiger partial charge is 0.303 e. The van der Waals surface area contributed by atoms with Gasteiger partial charge in [0.1, 0.15) is 5.60 Å². The number of hydrogen-bond acceptors (Lipinski definition) is 3. The lowest BCUT2D eigenvalue weighted by atomic mass is 9.71. The molecule has 0 aromatic heterocycles. The third-order valence-electron chi connectivity index (χ3n) is 3.94. The maximum Gasteiger partial charge on any atom is 0.303 e. The number of ether oxygens (including phenoxy) is 1. The average molecular weight is 211 g/mol. The molecule has 86 valence electrons. The Labute approximate surface area is 91.8 Å². The molecule has 3 nitrogen and oxygen atoms in total. The first-order valence-corrected chi connectivity index (χ1v) is 6.00. The van der Waals surface area contributed by atoms with Crippen LogP contribution in [0.1, 0.15) is 39.0 Å². The van der Waals surface area contributed by atoms with Crippen molar-refractivity contribution >= 4 is 5.97 Å². The molecule has 0 radical (unpaired) electrons. The minimum Gasteiger partial charge on any atom is -0.459 e. The highest BCUT2D eigenvalue weighted by Gasteiger charge is 2.46. The number of fused-ring (bicyclic) bond motifs is 1. The molecule has 0 unspecified atom stereocenters. The normalized spacial score (nSPS) is 37.1.